The van der Waals surface area contributed by atoms with Crippen LogP contribution in [0.1, 0.15) is 38.5 Å². The Morgan fingerprint density at radius 1 is 1.29 bits per heavy atom. The molecule has 0 aliphatic carbocycles. The third-order valence-corrected chi connectivity index (χ3v) is 4.15. The number of hydrogen-bond donors (Lipinski definition) is 1. The SMILES string of the molecule is NCC1(C(=O)CCC2CCCO2)CCOCC1. The third kappa shape index (κ3) is 3.06. The van der Waals surface area contributed by atoms with Gasteiger partial charge in [-0.25, -0.2) is 0 Å². The molecular weight excluding hydrogens is 218 g/mol. The fourth-order valence-electron chi connectivity index (χ4n) is 2.79. The van der Waals surface area contributed by atoms with Crippen molar-refractivity contribution in [3.63, 3.8) is 0 Å². The lowest BCUT2D eigenvalue weighted by atomic mass is 9.75. The zero-order chi connectivity index (χ0) is 12.1. The predicted octanol–water partition coefficient (Wildman–Crippen LogP) is 1.27. The van der Waals surface area contributed by atoms with E-state index in [9.17, 15) is 4.79 Å². The van der Waals surface area contributed by atoms with Crippen LogP contribution in [-0.4, -0.2) is 38.3 Å². The highest BCUT2D eigenvalue weighted by atomic mass is 16.5. The van der Waals surface area contributed by atoms with Crippen molar-refractivity contribution in [2.75, 3.05) is 26.4 Å². The van der Waals surface area contributed by atoms with Gasteiger partial charge in [-0.3, -0.25) is 4.79 Å². The maximum absolute atomic E-state index is 12.3. The van der Waals surface area contributed by atoms with Crippen LogP contribution >= 0.6 is 0 Å². The number of rotatable bonds is 5. The maximum atomic E-state index is 12.3. The van der Waals surface area contributed by atoms with E-state index >= 15 is 0 Å². The summed E-state index contributed by atoms with van der Waals surface area (Å²) >= 11 is 0. The standard InChI is InChI=1S/C13H23NO3/c14-10-13(5-8-16-9-6-13)12(15)4-3-11-2-1-7-17-11/h11H,1-10,14H2. The molecule has 2 aliphatic rings. The van der Waals surface area contributed by atoms with Crippen molar-refractivity contribution in [1.29, 1.82) is 0 Å². The number of hydrogen-bond acceptors (Lipinski definition) is 4. The molecule has 17 heavy (non-hydrogen) atoms. The molecule has 1 atom stereocenters. The number of ether oxygens (including phenoxy) is 2. The van der Waals surface area contributed by atoms with E-state index in [-0.39, 0.29) is 5.41 Å². The van der Waals surface area contributed by atoms with Crippen molar-refractivity contribution in [3.8, 4) is 0 Å². The topological polar surface area (TPSA) is 61.6 Å². The van der Waals surface area contributed by atoms with E-state index in [1.807, 2.05) is 0 Å². The van der Waals surface area contributed by atoms with Gasteiger partial charge >= 0.3 is 0 Å². The molecule has 1 unspecified atom stereocenters. The minimum Gasteiger partial charge on any atom is -0.381 e. The lowest BCUT2D eigenvalue weighted by Crippen LogP contribution is -2.43. The fraction of sp³-hybridized carbons (Fsp3) is 0.923. The van der Waals surface area contributed by atoms with Crippen LogP contribution in [0.5, 0.6) is 0 Å². The van der Waals surface area contributed by atoms with E-state index in [0.717, 1.165) is 38.7 Å². The van der Waals surface area contributed by atoms with Crippen molar-refractivity contribution in [2.24, 2.45) is 11.1 Å². The Morgan fingerprint density at radius 3 is 2.65 bits per heavy atom. The molecule has 0 aromatic heterocycles. The minimum absolute atomic E-state index is 0.300. The summed E-state index contributed by atoms with van der Waals surface area (Å²) in [5, 5.41) is 0. The summed E-state index contributed by atoms with van der Waals surface area (Å²) < 4.78 is 10.9. The van der Waals surface area contributed by atoms with Crippen LogP contribution in [0.25, 0.3) is 0 Å². The molecule has 0 aromatic rings. The summed E-state index contributed by atoms with van der Waals surface area (Å²) in [4.78, 5) is 12.3. The first-order chi connectivity index (χ1) is 8.27. The summed E-state index contributed by atoms with van der Waals surface area (Å²) in [6, 6.07) is 0. The average molecular weight is 241 g/mol. The van der Waals surface area contributed by atoms with E-state index in [1.165, 1.54) is 0 Å². The van der Waals surface area contributed by atoms with E-state index in [0.29, 0.717) is 38.1 Å². The molecule has 2 rings (SSSR count). The quantitative estimate of drug-likeness (QED) is 0.787. The Kier molecular flexibility index (Phi) is 4.54. The van der Waals surface area contributed by atoms with Crippen molar-refractivity contribution < 1.29 is 14.3 Å². The molecule has 0 saturated carbocycles. The third-order valence-electron chi connectivity index (χ3n) is 4.15. The molecule has 0 amide bonds. The number of Topliss-reactive ketones (excluding diaryl/α,β-unsaturated/α-hetero) is 1. The van der Waals surface area contributed by atoms with Crippen molar-refractivity contribution in [1.82, 2.24) is 0 Å². The largest absolute Gasteiger partial charge is 0.381 e. The maximum Gasteiger partial charge on any atom is 0.140 e. The summed E-state index contributed by atoms with van der Waals surface area (Å²) in [6.45, 7) is 2.65. The number of nitrogens with two attached hydrogens (primary N) is 1. The Morgan fingerprint density at radius 2 is 2.06 bits per heavy atom. The van der Waals surface area contributed by atoms with Crippen molar-refractivity contribution in [3.05, 3.63) is 0 Å². The van der Waals surface area contributed by atoms with Crippen LogP contribution in [0.4, 0.5) is 0 Å². The second-order valence-electron chi connectivity index (χ2n) is 5.19. The Labute approximate surface area is 103 Å². The molecule has 4 heteroatoms. The van der Waals surface area contributed by atoms with Gasteiger partial charge in [-0.05, 0) is 32.1 Å². The van der Waals surface area contributed by atoms with Gasteiger partial charge in [-0.1, -0.05) is 0 Å². The lowest BCUT2D eigenvalue weighted by molar-refractivity contribution is -0.134. The highest BCUT2D eigenvalue weighted by molar-refractivity contribution is 5.85. The van der Waals surface area contributed by atoms with Gasteiger partial charge in [0.25, 0.3) is 0 Å². The molecule has 0 bridgehead atoms. The number of carbonyl (C=O) groups excluding carboxylic acids is 1. The first-order valence-corrected chi connectivity index (χ1v) is 6.69. The van der Waals surface area contributed by atoms with Crippen molar-refractivity contribution in [2.45, 2.75) is 44.6 Å². The van der Waals surface area contributed by atoms with Gasteiger partial charge in [0.1, 0.15) is 5.78 Å². The zero-order valence-corrected chi connectivity index (χ0v) is 10.5. The van der Waals surface area contributed by atoms with Crippen LogP contribution in [0, 0.1) is 5.41 Å². The van der Waals surface area contributed by atoms with Crippen LogP contribution < -0.4 is 5.73 Å². The lowest BCUT2D eigenvalue weighted by Gasteiger charge is -2.34. The van der Waals surface area contributed by atoms with Crippen LogP contribution in [0.15, 0.2) is 0 Å². The summed E-state index contributed by atoms with van der Waals surface area (Å²) in [5.74, 6) is 0.318. The Balaban J connectivity index is 1.83. The smallest absolute Gasteiger partial charge is 0.140 e. The number of carbonyl (C=O) groups is 1. The molecule has 2 saturated heterocycles. The molecule has 2 aliphatic heterocycles. The van der Waals surface area contributed by atoms with Gasteiger partial charge in [-0.15, -0.1) is 0 Å². The van der Waals surface area contributed by atoms with Gasteiger partial charge < -0.3 is 15.2 Å². The van der Waals surface area contributed by atoms with Gasteiger partial charge in [-0.2, -0.15) is 0 Å². The second kappa shape index (κ2) is 5.94. The summed E-state index contributed by atoms with van der Waals surface area (Å²) in [7, 11) is 0. The molecule has 0 radical (unpaired) electrons. The summed E-state index contributed by atoms with van der Waals surface area (Å²) in [6.07, 6.45) is 5.58. The highest BCUT2D eigenvalue weighted by Crippen LogP contribution is 2.32. The van der Waals surface area contributed by atoms with E-state index in [4.69, 9.17) is 15.2 Å². The first kappa shape index (κ1) is 13.0. The Hall–Kier alpha value is -0.450. The fourth-order valence-corrected chi connectivity index (χ4v) is 2.79. The highest BCUT2D eigenvalue weighted by Gasteiger charge is 2.38. The van der Waals surface area contributed by atoms with Crippen LogP contribution in [-0.2, 0) is 14.3 Å². The molecule has 4 nitrogen and oxygen atoms in total. The normalized spacial score (nSPS) is 28.2. The molecule has 2 N–H and O–H groups in total. The average Bonchev–Trinajstić information content (AvgIpc) is 2.90. The van der Waals surface area contributed by atoms with Gasteiger partial charge in [0.2, 0.25) is 0 Å². The summed E-state index contributed by atoms with van der Waals surface area (Å²) in [5.41, 5.74) is 5.51. The van der Waals surface area contributed by atoms with E-state index < -0.39 is 0 Å². The van der Waals surface area contributed by atoms with Gasteiger partial charge in [0.05, 0.1) is 6.10 Å². The van der Waals surface area contributed by atoms with E-state index in [2.05, 4.69) is 0 Å². The molecule has 98 valence electrons. The van der Waals surface area contributed by atoms with Crippen molar-refractivity contribution >= 4 is 5.78 Å². The zero-order valence-electron chi connectivity index (χ0n) is 10.5. The Bertz CT molecular complexity index is 255. The molecule has 2 fully saturated rings. The van der Waals surface area contributed by atoms with Crippen LogP contribution in [0.2, 0.25) is 0 Å². The van der Waals surface area contributed by atoms with Crippen LogP contribution in [0.3, 0.4) is 0 Å². The van der Waals surface area contributed by atoms with Gasteiger partial charge in [0.15, 0.2) is 0 Å². The monoisotopic (exact) mass is 241 g/mol. The molecule has 0 aromatic carbocycles. The predicted molar refractivity (Wildman–Crippen MR) is 64.8 cm³/mol. The molecule has 0 spiro atoms. The second-order valence-corrected chi connectivity index (χ2v) is 5.19. The minimum atomic E-state index is -0.309. The van der Waals surface area contributed by atoms with Gasteiger partial charge in [0, 0.05) is 38.2 Å². The van der Waals surface area contributed by atoms with E-state index in [1.54, 1.807) is 0 Å². The first-order valence-electron chi connectivity index (χ1n) is 6.69. The molecular formula is C13H23NO3. The number of ketones is 1. The molecule has 2 heterocycles.